The molecule has 0 radical (unpaired) electrons. The Hall–Kier alpha value is -2.46. The smallest absolute Gasteiger partial charge is 0.462 e. The van der Waals surface area contributed by atoms with Gasteiger partial charge in [-0.05, 0) is 69.1 Å². The van der Waals surface area contributed by atoms with Gasteiger partial charge in [-0.1, -0.05) is 291 Å². The molecule has 0 fully saturated rings. The van der Waals surface area contributed by atoms with Crippen molar-refractivity contribution in [1.29, 1.82) is 0 Å². The molecular formula is C73H138O17P2. The first-order chi connectivity index (χ1) is 44.3. The molecule has 0 aromatic carbocycles. The van der Waals surface area contributed by atoms with Crippen molar-refractivity contribution in [2.45, 2.75) is 362 Å². The number of rotatable bonds is 69. The third-order valence-corrected chi connectivity index (χ3v) is 18.5. The van der Waals surface area contributed by atoms with Crippen LogP contribution in [0.25, 0.3) is 0 Å². The molecule has 92 heavy (non-hydrogen) atoms. The molecule has 0 saturated heterocycles. The predicted octanol–water partition coefficient (Wildman–Crippen LogP) is 20.6. The van der Waals surface area contributed by atoms with Crippen LogP contribution < -0.4 is 0 Å². The van der Waals surface area contributed by atoms with E-state index in [4.69, 9.17) is 37.0 Å². The SMILES string of the molecule is CCCCCC/C=C\C=C/CCCCCCCC(=O)O[C@H](COC(=O)CCCCCCCCCCC(C)CC)COP(=O)(O)OCC(O)COP(=O)(O)OC[C@@H](COC(=O)CCCCCCCCCC(C)C)OC(=O)CCCCCCCCCCCCCCC(C)C. The van der Waals surface area contributed by atoms with Crippen LogP contribution in [0, 0.1) is 17.8 Å². The average molecular weight is 1350 g/mol. The Balaban J connectivity index is 5.30. The summed E-state index contributed by atoms with van der Waals surface area (Å²) in [5.41, 5.74) is 0. The molecule has 4 unspecified atom stereocenters. The molecule has 0 heterocycles. The molecule has 0 rings (SSSR count). The summed E-state index contributed by atoms with van der Waals surface area (Å²) in [6.07, 6.45) is 50.8. The fourth-order valence-electron chi connectivity index (χ4n) is 10.5. The van der Waals surface area contributed by atoms with Gasteiger partial charge in [0.05, 0.1) is 26.4 Å². The van der Waals surface area contributed by atoms with Crippen LogP contribution in [0.15, 0.2) is 24.3 Å². The van der Waals surface area contributed by atoms with E-state index in [0.717, 1.165) is 121 Å². The van der Waals surface area contributed by atoms with E-state index in [1.165, 1.54) is 135 Å². The largest absolute Gasteiger partial charge is 0.472 e. The van der Waals surface area contributed by atoms with Crippen molar-refractivity contribution >= 4 is 39.5 Å². The second-order valence-electron chi connectivity index (χ2n) is 26.8. The zero-order valence-electron chi connectivity index (χ0n) is 59.5. The Kier molecular flexibility index (Phi) is 61.6. The van der Waals surface area contributed by atoms with E-state index in [-0.39, 0.29) is 25.7 Å². The van der Waals surface area contributed by atoms with Crippen molar-refractivity contribution in [1.82, 2.24) is 0 Å². The Morgan fingerprint density at radius 3 is 0.967 bits per heavy atom. The van der Waals surface area contributed by atoms with Crippen molar-refractivity contribution in [3.05, 3.63) is 24.3 Å². The van der Waals surface area contributed by atoms with Gasteiger partial charge in [0.1, 0.15) is 19.3 Å². The maximum Gasteiger partial charge on any atom is 0.472 e. The molecule has 6 atom stereocenters. The zero-order chi connectivity index (χ0) is 68.0. The molecule has 542 valence electrons. The number of phosphoric ester groups is 2. The topological polar surface area (TPSA) is 237 Å². The van der Waals surface area contributed by atoms with E-state index in [1.54, 1.807) is 0 Å². The summed E-state index contributed by atoms with van der Waals surface area (Å²) in [5.74, 6) is 0.0991. The summed E-state index contributed by atoms with van der Waals surface area (Å²) >= 11 is 0. The highest BCUT2D eigenvalue weighted by Gasteiger charge is 2.30. The quantitative estimate of drug-likeness (QED) is 0.0169. The second-order valence-corrected chi connectivity index (χ2v) is 29.7. The first-order valence-electron chi connectivity index (χ1n) is 37.2. The number of allylic oxidation sites excluding steroid dienone is 4. The maximum atomic E-state index is 13.0. The van der Waals surface area contributed by atoms with Gasteiger partial charge in [0.15, 0.2) is 12.2 Å². The van der Waals surface area contributed by atoms with Crippen LogP contribution in [0.2, 0.25) is 0 Å². The Morgan fingerprint density at radius 1 is 0.359 bits per heavy atom. The van der Waals surface area contributed by atoms with Gasteiger partial charge in [-0.15, -0.1) is 0 Å². The van der Waals surface area contributed by atoms with Crippen LogP contribution in [0.4, 0.5) is 0 Å². The van der Waals surface area contributed by atoms with E-state index >= 15 is 0 Å². The van der Waals surface area contributed by atoms with Crippen molar-refractivity contribution in [3.8, 4) is 0 Å². The van der Waals surface area contributed by atoms with E-state index in [2.05, 4.69) is 72.8 Å². The minimum Gasteiger partial charge on any atom is -0.462 e. The van der Waals surface area contributed by atoms with Crippen LogP contribution in [-0.4, -0.2) is 96.7 Å². The van der Waals surface area contributed by atoms with E-state index in [1.807, 2.05) is 0 Å². The summed E-state index contributed by atoms with van der Waals surface area (Å²) in [4.78, 5) is 72.6. The molecule has 0 amide bonds. The van der Waals surface area contributed by atoms with E-state index < -0.39 is 97.5 Å². The lowest BCUT2D eigenvalue weighted by molar-refractivity contribution is -0.161. The summed E-state index contributed by atoms with van der Waals surface area (Å²) < 4.78 is 68.3. The maximum absolute atomic E-state index is 13.0. The van der Waals surface area contributed by atoms with Gasteiger partial charge >= 0.3 is 39.5 Å². The van der Waals surface area contributed by atoms with Crippen molar-refractivity contribution < 1.29 is 80.2 Å². The van der Waals surface area contributed by atoms with Gasteiger partial charge in [-0.3, -0.25) is 37.3 Å². The molecule has 19 heteroatoms. The summed E-state index contributed by atoms with van der Waals surface area (Å²) in [6.45, 7) is 11.8. The molecule has 0 aliphatic carbocycles. The van der Waals surface area contributed by atoms with Crippen LogP contribution in [-0.2, 0) is 65.4 Å². The highest BCUT2D eigenvalue weighted by molar-refractivity contribution is 7.47. The molecule has 0 aromatic heterocycles. The molecule has 0 spiro atoms. The molecule has 0 bridgehead atoms. The summed E-state index contributed by atoms with van der Waals surface area (Å²) in [5, 5.41) is 10.6. The molecule has 0 aliphatic rings. The minimum atomic E-state index is -4.96. The lowest BCUT2D eigenvalue weighted by atomic mass is 9.99. The van der Waals surface area contributed by atoms with Gasteiger partial charge in [-0.2, -0.15) is 0 Å². The molecule has 0 aromatic rings. The fraction of sp³-hybridized carbons (Fsp3) is 0.890. The Morgan fingerprint density at radius 2 is 0.641 bits per heavy atom. The normalized spacial score (nSPS) is 14.6. The Labute approximate surface area is 561 Å². The highest BCUT2D eigenvalue weighted by Crippen LogP contribution is 2.45. The third kappa shape index (κ3) is 64.9. The number of esters is 4. The van der Waals surface area contributed by atoms with Crippen molar-refractivity contribution in [3.63, 3.8) is 0 Å². The lowest BCUT2D eigenvalue weighted by Gasteiger charge is -2.21. The number of aliphatic hydroxyl groups is 1. The third-order valence-electron chi connectivity index (χ3n) is 16.6. The number of carbonyl (C=O) groups is 4. The number of phosphoric acid groups is 2. The van der Waals surface area contributed by atoms with Gasteiger partial charge < -0.3 is 33.8 Å². The highest BCUT2D eigenvalue weighted by atomic mass is 31.2. The molecule has 17 nitrogen and oxygen atoms in total. The minimum absolute atomic E-state index is 0.0841. The first kappa shape index (κ1) is 89.5. The number of hydrogen-bond acceptors (Lipinski definition) is 15. The van der Waals surface area contributed by atoms with Gasteiger partial charge in [-0.25, -0.2) is 9.13 Å². The van der Waals surface area contributed by atoms with Gasteiger partial charge in [0.2, 0.25) is 0 Å². The van der Waals surface area contributed by atoms with E-state index in [0.29, 0.717) is 31.6 Å². The van der Waals surface area contributed by atoms with Crippen LogP contribution >= 0.6 is 15.6 Å². The fourth-order valence-corrected chi connectivity index (χ4v) is 12.1. The number of carbonyl (C=O) groups excluding carboxylic acids is 4. The van der Waals surface area contributed by atoms with Crippen molar-refractivity contribution in [2.24, 2.45) is 17.8 Å². The number of ether oxygens (including phenoxy) is 4. The van der Waals surface area contributed by atoms with Crippen molar-refractivity contribution in [2.75, 3.05) is 39.6 Å². The monoisotopic (exact) mass is 1350 g/mol. The van der Waals surface area contributed by atoms with Crippen LogP contribution in [0.5, 0.6) is 0 Å². The molecule has 3 N–H and O–H groups in total. The summed E-state index contributed by atoms with van der Waals surface area (Å²) in [6, 6.07) is 0. The van der Waals surface area contributed by atoms with Crippen LogP contribution in [0.3, 0.4) is 0 Å². The predicted molar refractivity (Wildman–Crippen MR) is 372 cm³/mol. The number of unbranched alkanes of at least 4 members (excludes halogenated alkanes) is 33. The lowest BCUT2D eigenvalue weighted by Crippen LogP contribution is -2.30. The van der Waals surface area contributed by atoms with Gasteiger partial charge in [0.25, 0.3) is 0 Å². The zero-order valence-corrected chi connectivity index (χ0v) is 61.3. The van der Waals surface area contributed by atoms with E-state index in [9.17, 15) is 43.2 Å². The molecule has 0 aliphatic heterocycles. The second kappa shape index (κ2) is 63.3. The standard InChI is InChI=1S/C73H138O17P2/c1-8-10-11-12-13-14-15-16-17-18-22-25-34-42-49-56-72(77)89-68(60-83-70(75)54-47-40-33-28-27-32-39-46-53-66(7)9-2)62-87-91(79,80)85-58-67(74)59-86-92(81,82)88-63-69(61-84-71(76)55-48-41-36-29-31-38-45-52-65(5)6)90-73(78)57-50-43-35-26-23-20-19-21-24-30-37-44-51-64(3)4/h14-17,64-69,74H,8-13,18-63H2,1-7H3,(H,79,80)(H,81,82)/b15-14-,17-16-/t66?,67?,68-,69-/m1/s1. The summed E-state index contributed by atoms with van der Waals surface area (Å²) in [7, 11) is -9.92. The number of hydrogen-bond donors (Lipinski definition) is 3. The average Bonchev–Trinajstić information content (AvgIpc) is 2.74. The van der Waals surface area contributed by atoms with Crippen LogP contribution in [0.1, 0.15) is 344 Å². The van der Waals surface area contributed by atoms with Gasteiger partial charge in [0, 0.05) is 25.7 Å². The molecule has 0 saturated carbocycles. The Bertz CT molecular complexity index is 1900. The molecular weight excluding hydrogens is 1210 g/mol. The first-order valence-corrected chi connectivity index (χ1v) is 40.2. The number of aliphatic hydroxyl groups excluding tert-OH is 1.